The third-order valence-corrected chi connectivity index (χ3v) is 6.11. The summed E-state index contributed by atoms with van der Waals surface area (Å²) in [5.74, 6) is -0.821. The maximum absolute atomic E-state index is 13.0. The van der Waals surface area contributed by atoms with Crippen LogP contribution < -0.4 is 10.6 Å². The standard InChI is InChI=1S/C26H44N2O5/c1-4-6-7-11-15-25(31)33-19-23(16-21-13-9-8-10-14-21)28-26(32)22(12-5-2)17-24(30)27-20(3)18-29/h4-5,20-23,29H,1-2,6-19H2,3H3,(H,27,30)(H,28,32)/t20-,22-,23+/m1/s1. The summed E-state index contributed by atoms with van der Waals surface area (Å²) in [6.45, 7) is 9.09. The van der Waals surface area contributed by atoms with E-state index >= 15 is 0 Å². The monoisotopic (exact) mass is 464 g/mol. The van der Waals surface area contributed by atoms with Gasteiger partial charge < -0.3 is 20.5 Å². The number of ether oxygens (including phenoxy) is 1. The molecule has 0 aromatic carbocycles. The molecule has 0 aromatic heterocycles. The second-order valence-electron chi connectivity index (χ2n) is 9.24. The molecule has 1 saturated carbocycles. The van der Waals surface area contributed by atoms with Crippen molar-refractivity contribution in [2.45, 2.75) is 96.1 Å². The fourth-order valence-corrected chi connectivity index (χ4v) is 4.22. The Balaban J connectivity index is 2.69. The number of hydrogen-bond acceptors (Lipinski definition) is 5. The molecule has 0 unspecified atom stereocenters. The lowest BCUT2D eigenvalue weighted by molar-refractivity contribution is -0.145. The van der Waals surface area contributed by atoms with E-state index in [1.54, 1.807) is 13.0 Å². The summed E-state index contributed by atoms with van der Waals surface area (Å²) in [5, 5.41) is 14.9. The van der Waals surface area contributed by atoms with Crippen LogP contribution in [0, 0.1) is 11.8 Å². The lowest BCUT2D eigenvalue weighted by atomic mass is 9.84. The van der Waals surface area contributed by atoms with Gasteiger partial charge in [-0.15, -0.1) is 13.2 Å². The van der Waals surface area contributed by atoms with E-state index in [4.69, 9.17) is 9.84 Å². The van der Waals surface area contributed by atoms with E-state index in [0.29, 0.717) is 18.8 Å². The minimum absolute atomic E-state index is 0.0153. The van der Waals surface area contributed by atoms with Gasteiger partial charge >= 0.3 is 5.97 Å². The van der Waals surface area contributed by atoms with Crippen LogP contribution in [-0.4, -0.2) is 48.2 Å². The number of carbonyl (C=O) groups excluding carboxylic acids is 3. The molecule has 0 radical (unpaired) electrons. The maximum Gasteiger partial charge on any atom is 0.305 e. The molecule has 0 spiro atoms. The van der Waals surface area contributed by atoms with Gasteiger partial charge in [-0.2, -0.15) is 0 Å². The number of amides is 2. The van der Waals surface area contributed by atoms with Gasteiger partial charge in [0.15, 0.2) is 0 Å². The molecular weight excluding hydrogens is 420 g/mol. The normalized spacial score (nSPS) is 16.8. The van der Waals surface area contributed by atoms with Crippen LogP contribution in [0.25, 0.3) is 0 Å². The number of esters is 1. The summed E-state index contributed by atoms with van der Waals surface area (Å²) < 4.78 is 5.51. The van der Waals surface area contributed by atoms with Gasteiger partial charge in [0.2, 0.25) is 11.8 Å². The Kier molecular flexibility index (Phi) is 15.2. The van der Waals surface area contributed by atoms with Crippen LogP contribution in [0.15, 0.2) is 25.3 Å². The van der Waals surface area contributed by atoms with Crippen molar-refractivity contribution < 1.29 is 24.2 Å². The molecule has 0 aliphatic heterocycles. The average molecular weight is 465 g/mol. The highest BCUT2D eigenvalue weighted by Gasteiger charge is 2.26. The highest BCUT2D eigenvalue weighted by atomic mass is 16.5. The molecule has 7 nitrogen and oxygen atoms in total. The van der Waals surface area contributed by atoms with Gasteiger partial charge in [0.25, 0.3) is 0 Å². The molecule has 3 N–H and O–H groups in total. The van der Waals surface area contributed by atoms with Crippen LogP contribution in [0.1, 0.15) is 84.0 Å². The molecule has 1 fully saturated rings. The predicted octanol–water partition coefficient (Wildman–Crippen LogP) is 3.81. The Hall–Kier alpha value is -2.15. The van der Waals surface area contributed by atoms with Crippen molar-refractivity contribution in [2.75, 3.05) is 13.2 Å². The van der Waals surface area contributed by atoms with Gasteiger partial charge in [-0.3, -0.25) is 14.4 Å². The lowest BCUT2D eigenvalue weighted by Crippen LogP contribution is -2.45. The van der Waals surface area contributed by atoms with Crippen molar-refractivity contribution in [3.05, 3.63) is 25.3 Å². The van der Waals surface area contributed by atoms with E-state index < -0.39 is 5.92 Å². The predicted molar refractivity (Wildman–Crippen MR) is 130 cm³/mol. The highest BCUT2D eigenvalue weighted by Crippen LogP contribution is 2.27. The van der Waals surface area contributed by atoms with E-state index in [1.807, 2.05) is 6.08 Å². The van der Waals surface area contributed by atoms with Crippen LogP contribution in [-0.2, 0) is 19.1 Å². The fraction of sp³-hybridized carbons (Fsp3) is 0.731. The van der Waals surface area contributed by atoms with Crippen molar-refractivity contribution in [3.8, 4) is 0 Å². The van der Waals surface area contributed by atoms with E-state index in [2.05, 4.69) is 23.8 Å². The third kappa shape index (κ3) is 13.2. The van der Waals surface area contributed by atoms with Crippen molar-refractivity contribution in [3.63, 3.8) is 0 Å². The molecule has 1 aliphatic rings. The summed E-state index contributed by atoms with van der Waals surface area (Å²) in [4.78, 5) is 37.4. The molecular formula is C26H44N2O5. The lowest BCUT2D eigenvalue weighted by Gasteiger charge is -2.28. The largest absolute Gasteiger partial charge is 0.463 e. The minimum Gasteiger partial charge on any atom is -0.463 e. The number of carbonyl (C=O) groups is 3. The van der Waals surface area contributed by atoms with Gasteiger partial charge in [0.05, 0.1) is 18.6 Å². The molecule has 0 heterocycles. The Morgan fingerprint density at radius 3 is 2.45 bits per heavy atom. The summed E-state index contributed by atoms with van der Waals surface area (Å²) in [5.41, 5.74) is 0. The molecule has 3 atom stereocenters. The molecule has 33 heavy (non-hydrogen) atoms. The van der Waals surface area contributed by atoms with Crippen molar-refractivity contribution in [1.82, 2.24) is 10.6 Å². The Labute approximate surface area is 199 Å². The Bertz CT molecular complexity index is 616. The Morgan fingerprint density at radius 2 is 1.82 bits per heavy atom. The summed E-state index contributed by atoms with van der Waals surface area (Å²) in [7, 11) is 0. The number of nitrogens with one attached hydrogen (secondary N) is 2. The number of aliphatic hydroxyl groups excluding tert-OH is 1. The maximum atomic E-state index is 13.0. The molecule has 7 heteroatoms. The van der Waals surface area contributed by atoms with Crippen molar-refractivity contribution in [2.24, 2.45) is 11.8 Å². The van der Waals surface area contributed by atoms with Crippen LogP contribution in [0.3, 0.4) is 0 Å². The topological polar surface area (TPSA) is 105 Å². The SMILES string of the molecule is C=CCCCCC(=O)OC[C@H](CC1CCCCC1)NC(=O)[C@H](CC=C)CC(=O)N[C@H](C)CO. The summed E-state index contributed by atoms with van der Waals surface area (Å²) in [6, 6.07) is -0.639. The van der Waals surface area contributed by atoms with Gasteiger partial charge in [-0.05, 0) is 44.9 Å². The first-order chi connectivity index (χ1) is 15.9. The van der Waals surface area contributed by atoms with Gasteiger partial charge in [0.1, 0.15) is 6.61 Å². The number of rotatable bonds is 17. The van der Waals surface area contributed by atoms with Gasteiger partial charge in [0, 0.05) is 18.9 Å². The highest BCUT2D eigenvalue weighted by molar-refractivity contribution is 5.86. The number of hydrogen-bond donors (Lipinski definition) is 3. The first kappa shape index (κ1) is 28.9. The Morgan fingerprint density at radius 1 is 1.09 bits per heavy atom. The van der Waals surface area contributed by atoms with Crippen LogP contribution >= 0.6 is 0 Å². The van der Waals surface area contributed by atoms with E-state index in [-0.39, 0.29) is 49.5 Å². The first-order valence-electron chi connectivity index (χ1n) is 12.5. The molecule has 0 bridgehead atoms. The molecule has 0 aromatic rings. The summed E-state index contributed by atoms with van der Waals surface area (Å²) in [6.07, 6.45) is 13.4. The molecule has 0 saturated heterocycles. The van der Waals surface area contributed by atoms with Gasteiger partial charge in [-0.25, -0.2) is 0 Å². The van der Waals surface area contributed by atoms with E-state index in [1.165, 1.54) is 19.3 Å². The molecule has 188 valence electrons. The summed E-state index contributed by atoms with van der Waals surface area (Å²) >= 11 is 0. The molecule has 2 amide bonds. The van der Waals surface area contributed by atoms with Crippen LogP contribution in [0.5, 0.6) is 0 Å². The first-order valence-corrected chi connectivity index (χ1v) is 12.5. The van der Waals surface area contributed by atoms with E-state index in [9.17, 15) is 14.4 Å². The zero-order valence-corrected chi connectivity index (χ0v) is 20.4. The average Bonchev–Trinajstić information content (AvgIpc) is 2.80. The number of aliphatic hydroxyl groups is 1. The smallest absolute Gasteiger partial charge is 0.305 e. The molecule has 1 rings (SSSR count). The second kappa shape index (κ2) is 17.3. The molecule has 1 aliphatic carbocycles. The van der Waals surface area contributed by atoms with Gasteiger partial charge in [-0.1, -0.05) is 44.3 Å². The third-order valence-electron chi connectivity index (χ3n) is 6.11. The van der Waals surface area contributed by atoms with Crippen molar-refractivity contribution >= 4 is 17.8 Å². The van der Waals surface area contributed by atoms with E-state index in [0.717, 1.165) is 38.5 Å². The van der Waals surface area contributed by atoms with Crippen LogP contribution in [0.4, 0.5) is 0 Å². The minimum atomic E-state index is -0.558. The second-order valence-corrected chi connectivity index (χ2v) is 9.24. The van der Waals surface area contributed by atoms with Crippen LogP contribution in [0.2, 0.25) is 0 Å². The number of allylic oxidation sites excluding steroid dienone is 2. The fourth-order valence-electron chi connectivity index (χ4n) is 4.22. The zero-order valence-electron chi connectivity index (χ0n) is 20.4. The zero-order chi connectivity index (χ0) is 24.5. The number of unbranched alkanes of at least 4 members (excludes halogenated alkanes) is 2. The quantitative estimate of drug-likeness (QED) is 0.172. The van der Waals surface area contributed by atoms with Crippen molar-refractivity contribution in [1.29, 1.82) is 0 Å².